The molecule has 0 aliphatic rings. The third-order valence-electron chi connectivity index (χ3n) is 2.97. The molecule has 0 aliphatic carbocycles. The molecule has 1 aromatic carbocycles. The number of aliphatic hydroxyl groups excluding tert-OH is 1. The molecule has 1 N–H and O–H groups in total. The van der Waals surface area contributed by atoms with Gasteiger partial charge in [-0.05, 0) is 26.0 Å². The summed E-state index contributed by atoms with van der Waals surface area (Å²) in [7, 11) is 1.83. The van der Waals surface area contributed by atoms with Crippen molar-refractivity contribution < 1.29 is 14.2 Å². The molecule has 0 bridgehead atoms. The van der Waals surface area contributed by atoms with E-state index in [2.05, 4.69) is 10.2 Å². The molecule has 0 saturated carbocycles. The first-order valence-electron chi connectivity index (χ1n) is 5.94. The van der Waals surface area contributed by atoms with Crippen LogP contribution in [0.3, 0.4) is 0 Å². The van der Waals surface area contributed by atoms with Crippen molar-refractivity contribution in [1.82, 2.24) is 14.8 Å². The molecule has 0 radical (unpaired) electrons. The number of benzene rings is 1. The van der Waals surface area contributed by atoms with Crippen molar-refractivity contribution in [1.29, 1.82) is 0 Å². The van der Waals surface area contributed by atoms with E-state index in [1.807, 2.05) is 14.0 Å². The van der Waals surface area contributed by atoms with Crippen molar-refractivity contribution in [2.45, 2.75) is 26.6 Å². The predicted molar refractivity (Wildman–Crippen MR) is 67.1 cm³/mol. The first-order valence-corrected chi connectivity index (χ1v) is 5.94. The van der Waals surface area contributed by atoms with Crippen LogP contribution in [0.1, 0.15) is 30.2 Å². The van der Waals surface area contributed by atoms with Gasteiger partial charge in [-0.1, -0.05) is 0 Å². The van der Waals surface area contributed by atoms with E-state index in [1.54, 1.807) is 11.5 Å². The first kappa shape index (κ1) is 13.5. The SMILES string of the molecule is Cc1nnc(COc2cc(F)ccc2C(C)O)n1C. The average molecular weight is 265 g/mol. The highest BCUT2D eigenvalue weighted by molar-refractivity contribution is 5.35. The number of ether oxygens (including phenoxy) is 1. The molecule has 0 saturated heterocycles. The molecule has 2 aromatic rings. The summed E-state index contributed by atoms with van der Waals surface area (Å²) in [6.07, 6.45) is -0.725. The summed E-state index contributed by atoms with van der Waals surface area (Å²) in [4.78, 5) is 0. The molecule has 102 valence electrons. The van der Waals surface area contributed by atoms with Crippen LogP contribution in [0, 0.1) is 12.7 Å². The number of aliphatic hydroxyl groups is 1. The molecule has 1 unspecified atom stereocenters. The number of hydrogen-bond donors (Lipinski definition) is 1. The summed E-state index contributed by atoms with van der Waals surface area (Å²) in [5.41, 5.74) is 0.542. The van der Waals surface area contributed by atoms with Crippen LogP contribution in [0.4, 0.5) is 4.39 Å². The second-order valence-electron chi connectivity index (χ2n) is 4.37. The fraction of sp³-hybridized carbons (Fsp3) is 0.385. The molecule has 1 heterocycles. The lowest BCUT2D eigenvalue weighted by Gasteiger charge is -2.13. The molecule has 2 rings (SSSR count). The van der Waals surface area contributed by atoms with Gasteiger partial charge in [0.15, 0.2) is 5.82 Å². The van der Waals surface area contributed by atoms with Gasteiger partial charge in [0.25, 0.3) is 0 Å². The maximum absolute atomic E-state index is 13.2. The van der Waals surface area contributed by atoms with E-state index in [-0.39, 0.29) is 6.61 Å². The number of aromatic nitrogens is 3. The predicted octanol–water partition coefficient (Wildman–Crippen LogP) is 1.89. The van der Waals surface area contributed by atoms with Crippen molar-refractivity contribution in [2.75, 3.05) is 0 Å². The Hall–Kier alpha value is -1.95. The third-order valence-corrected chi connectivity index (χ3v) is 2.97. The monoisotopic (exact) mass is 265 g/mol. The summed E-state index contributed by atoms with van der Waals surface area (Å²) in [5.74, 6) is 1.32. The zero-order valence-electron chi connectivity index (χ0n) is 11.1. The van der Waals surface area contributed by atoms with E-state index < -0.39 is 11.9 Å². The average Bonchev–Trinajstić information content (AvgIpc) is 2.67. The highest BCUT2D eigenvalue weighted by atomic mass is 19.1. The van der Waals surface area contributed by atoms with Gasteiger partial charge in [-0.15, -0.1) is 10.2 Å². The first-order chi connectivity index (χ1) is 8.99. The topological polar surface area (TPSA) is 60.2 Å². The second-order valence-corrected chi connectivity index (χ2v) is 4.37. The smallest absolute Gasteiger partial charge is 0.170 e. The Bertz CT molecular complexity index is 581. The van der Waals surface area contributed by atoms with Crippen LogP contribution < -0.4 is 4.74 Å². The van der Waals surface area contributed by atoms with Gasteiger partial charge >= 0.3 is 0 Å². The highest BCUT2D eigenvalue weighted by Gasteiger charge is 2.12. The van der Waals surface area contributed by atoms with Crippen LogP contribution in [-0.2, 0) is 13.7 Å². The Kier molecular flexibility index (Phi) is 3.80. The van der Waals surface area contributed by atoms with Crippen molar-refractivity contribution in [3.8, 4) is 5.75 Å². The fourth-order valence-electron chi connectivity index (χ4n) is 1.70. The van der Waals surface area contributed by atoms with Gasteiger partial charge in [0.2, 0.25) is 0 Å². The van der Waals surface area contributed by atoms with Crippen LogP contribution in [0.15, 0.2) is 18.2 Å². The normalized spacial score (nSPS) is 12.5. The van der Waals surface area contributed by atoms with E-state index in [1.165, 1.54) is 18.2 Å². The minimum absolute atomic E-state index is 0.167. The number of rotatable bonds is 4. The molecule has 6 heteroatoms. The summed E-state index contributed by atoms with van der Waals surface area (Å²) in [6, 6.07) is 4.06. The number of nitrogens with zero attached hydrogens (tertiary/aromatic N) is 3. The third kappa shape index (κ3) is 2.90. The molecular weight excluding hydrogens is 249 g/mol. The number of halogens is 1. The van der Waals surface area contributed by atoms with Crippen LogP contribution in [0.5, 0.6) is 5.75 Å². The standard InChI is InChI=1S/C13H16FN3O2/c1-8(18)11-5-4-10(14)6-12(11)19-7-13-16-15-9(2)17(13)3/h4-6,8,18H,7H2,1-3H3. The lowest BCUT2D eigenvalue weighted by atomic mass is 10.1. The van der Waals surface area contributed by atoms with E-state index in [9.17, 15) is 9.50 Å². The van der Waals surface area contributed by atoms with Gasteiger partial charge in [-0.2, -0.15) is 0 Å². The van der Waals surface area contributed by atoms with Gasteiger partial charge in [0.1, 0.15) is 24.0 Å². The van der Waals surface area contributed by atoms with E-state index in [0.717, 1.165) is 5.82 Å². The number of hydrogen-bond acceptors (Lipinski definition) is 4. The maximum Gasteiger partial charge on any atom is 0.170 e. The maximum atomic E-state index is 13.2. The van der Waals surface area contributed by atoms with Crippen LogP contribution in [-0.4, -0.2) is 19.9 Å². The molecule has 1 aromatic heterocycles. The Labute approximate surface area is 110 Å². The zero-order chi connectivity index (χ0) is 14.0. The minimum Gasteiger partial charge on any atom is -0.485 e. The van der Waals surface area contributed by atoms with Crippen molar-refractivity contribution in [2.24, 2.45) is 7.05 Å². The lowest BCUT2D eigenvalue weighted by Crippen LogP contribution is -2.06. The Balaban J connectivity index is 2.19. The molecular formula is C13H16FN3O2. The van der Waals surface area contributed by atoms with Gasteiger partial charge in [0, 0.05) is 18.7 Å². The van der Waals surface area contributed by atoms with Crippen LogP contribution >= 0.6 is 0 Å². The summed E-state index contributed by atoms with van der Waals surface area (Å²) >= 11 is 0. The lowest BCUT2D eigenvalue weighted by molar-refractivity contribution is 0.189. The summed E-state index contributed by atoms with van der Waals surface area (Å²) < 4.78 is 20.6. The van der Waals surface area contributed by atoms with Crippen molar-refractivity contribution >= 4 is 0 Å². The Morgan fingerprint density at radius 3 is 2.74 bits per heavy atom. The Morgan fingerprint density at radius 1 is 1.42 bits per heavy atom. The van der Waals surface area contributed by atoms with E-state index >= 15 is 0 Å². The molecule has 19 heavy (non-hydrogen) atoms. The van der Waals surface area contributed by atoms with Crippen LogP contribution in [0.25, 0.3) is 0 Å². The van der Waals surface area contributed by atoms with Gasteiger partial charge < -0.3 is 14.4 Å². The highest BCUT2D eigenvalue weighted by Crippen LogP contribution is 2.26. The molecule has 5 nitrogen and oxygen atoms in total. The van der Waals surface area contributed by atoms with Crippen LogP contribution in [0.2, 0.25) is 0 Å². The molecule has 0 fully saturated rings. The molecule has 1 atom stereocenters. The van der Waals surface area contributed by atoms with Gasteiger partial charge in [-0.25, -0.2) is 4.39 Å². The quantitative estimate of drug-likeness (QED) is 0.917. The minimum atomic E-state index is -0.725. The zero-order valence-corrected chi connectivity index (χ0v) is 11.1. The largest absolute Gasteiger partial charge is 0.485 e. The van der Waals surface area contributed by atoms with Gasteiger partial charge in [0.05, 0.1) is 6.10 Å². The van der Waals surface area contributed by atoms with E-state index in [4.69, 9.17) is 4.74 Å². The second kappa shape index (κ2) is 5.36. The molecule has 0 aliphatic heterocycles. The molecule has 0 amide bonds. The number of aryl methyl sites for hydroxylation is 1. The Morgan fingerprint density at radius 2 is 2.16 bits per heavy atom. The fourth-order valence-corrected chi connectivity index (χ4v) is 1.70. The van der Waals surface area contributed by atoms with E-state index in [0.29, 0.717) is 17.1 Å². The summed E-state index contributed by atoms with van der Waals surface area (Å²) in [5, 5.41) is 17.5. The molecule has 0 spiro atoms. The summed E-state index contributed by atoms with van der Waals surface area (Å²) in [6.45, 7) is 3.60. The van der Waals surface area contributed by atoms with Crippen molar-refractivity contribution in [3.05, 3.63) is 41.2 Å². The van der Waals surface area contributed by atoms with Gasteiger partial charge in [-0.3, -0.25) is 0 Å². The van der Waals surface area contributed by atoms with Crippen molar-refractivity contribution in [3.63, 3.8) is 0 Å².